The van der Waals surface area contributed by atoms with Crippen LogP contribution in [0.1, 0.15) is 51.1 Å². The zero-order valence-corrected chi connectivity index (χ0v) is 23.1. The number of alkyl halides is 3. The van der Waals surface area contributed by atoms with Crippen LogP contribution >= 0.6 is 0 Å². The van der Waals surface area contributed by atoms with Gasteiger partial charge in [-0.3, -0.25) is 19.2 Å². The summed E-state index contributed by atoms with van der Waals surface area (Å²) in [6.07, 6.45) is -13.9. The van der Waals surface area contributed by atoms with E-state index in [1.54, 1.807) is 32.0 Å². The molecule has 0 radical (unpaired) electrons. The second kappa shape index (κ2) is 17.0. The highest BCUT2D eigenvalue weighted by molar-refractivity contribution is 5.90. The minimum Gasteiger partial charge on any atom is -0.481 e. The van der Waals surface area contributed by atoms with Gasteiger partial charge in [0.2, 0.25) is 11.8 Å². The van der Waals surface area contributed by atoms with E-state index in [1.807, 2.05) is 0 Å². The van der Waals surface area contributed by atoms with Gasteiger partial charge in [-0.25, -0.2) is 0 Å². The maximum absolute atomic E-state index is 12.9. The van der Waals surface area contributed by atoms with Gasteiger partial charge in [0, 0.05) is 6.42 Å². The Morgan fingerprint density at radius 1 is 0.905 bits per heavy atom. The van der Waals surface area contributed by atoms with Crippen LogP contribution in [0.25, 0.3) is 0 Å². The molecular formula is C26H39F3N4O9. The Labute approximate surface area is 240 Å². The number of nitrogens with two attached hydrogens (primary N) is 1. The molecule has 1 aromatic carbocycles. The molecule has 0 heterocycles. The minimum absolute atomic E-state index is 0.0180. The average molecular weight is 609 g/mol. The first-order valence-electron chi connectivity index (χ1n) is 13.1. The number of halogens is 3. The summed E-state index contributed by atoms with van der Waals surface area (Å²) in [5.74, 6) is -4.77. The number of nitrogens with one attached hydrogen (secondary N) is 3. The van der Waals surface area contributed by atoms with Crippen LogP contribution in [0.3, 0.4) is 0 Å². The number of hydrogen-bond donors (Lipinski definition) is 9. The van der Waals surface area contributed by atoms with Gasteiger partial charge in [-0.15, -0.1) is 0 Å². The topological polar surface area (TPSA) is 232 Å². The van der Waals surface area contributed by atoms with Gasteiger partial charge in [-0.05, 0) is 24.3 Å². The van der Waals surface area contributed by atoms with Gasteiger partial charge >= 0.3 is 12.1 Å². The summed E-state index contributed by atoms with van der Waals surface area (Å²) >= 11 is 0. The largest absolute Gasteiger partial charge is 0.481 e. The molecule has 0 bridgehead atoms. The summed E-state index contributed by atoms with van der Waals surface area (Å²) in [5, 5.41) is 57.0. The summed E-state index contributed by atoms with van der Waals surface area (Å²) < 4.78 is 37.4. The molecule has 1 rings (SSSR count). The van der Waals surface area contributed by atoms with Crippen LogP contribution in [-0.2, 0) is 19.2 Å². The molecule has 42 heavy (non-hydrogen) atoms. The van der Waals surface area contributed by atoms with E-state index in [0.29, 0.717) is 5.56 Å². The van der Waals surface area contributed by atoms with Crippen LogP contribution in [0.4, 0.5) is 13.2 Å². The molecule has 13 nitrogen and oxygen atoms in total. The van der Waals surface area contributed by atoms with Crippen molar-refractivity contribution in [3.63, 3.8) is 0 Å². The first-order chi connectivity index (χ1) is 19.5. The fourth-order valence-electron chi connectivity index (χ4n) is 3.90. The third-order valence-electron chi connectivity index (χ3n) is 6.19. The molecule has 7 unspecified atom stereocenters. The highest BCUT2D eigenvalue weighted by Crippen LogP contribution is 2.22. The second-order valence-corrected chi connectivity index (χ2v) is 10.2. The fraction of sp³-hybridized carbons (Fsp3) is 0.615. The molecule has 7 atom stereocenters. The van der Waals surface area contributed by atoms with Crippen LogP contribution in [-0.4, -0.2) is 98.4 Å². The number of carbonyl (C=O) groups excluding carboxylic acids is 3. The van der Waals surface area contributed by atoms with E-state index < -0.39 is 98.2 Å². The number of aliphatic carboxylic acids is 1. The lowest BCUT2D eigenvalue weighted by Crippen LogP contribution is -2.60. The van der Waals surface area contributed by atoms with E-state index in [0.717, 1.165) is 0 Å². The lowest BCUT2D eigenvalue weighted by molar-refractivity contribution is -0.145. The summed E-state index contributed by atoms with van der Waals surface area (Å²) in [4.78, 5) is 49.1. The van der Waals surface area contributed by atoms with E-state index in [9.17, 15) is 57.9 Å². The average Bonchev–Trinajstić information content (AvgIpc) is 2.91. The molecule has 0 saturated heterocycles. The summed E-state index contributed by atoms with van der Waals surface area (Å²) in [6.45, 7) is 2.36. The van der Waals surface area contributed by atoms with Crippen molar-refractivity contribution < 1.29 is 57.9 Å². The summed E-state index contributed by atoms with van der Waals surface area (Å²) in [5.41, 5.74) is 5.91. The quantitative estimate of drug-likeness (QED) is 0.106. The van der Waals surface area contributed by atoms with Crippen molar-refractivity contribution >= 4 is 23.7 Å². The Balaban J connectivity index is 2.93. The Morgan fingerprint density at radius 2 is 1.50 bits per heavy atom. The number of carboxylic acids is 1. The van der Waals surface area contributed by atoms with Crippen LogP contribution in [0, 0.1) is 5.92 Å². The highest BCUT2D eigenvalue weighted by Gasteiger charge is 2.38. The summed E-state index contributed by atoms with van der Waals surface area (Å²) in [7, 11) is 0. The van der Waals surface area contributed by atoms with Crippen LogP contribution < -0.4 is 21.7 Å². The summed E-state index contributed by atoms with van der Waals surface area (Å²) in [6, 6.07) is 2.16. The molecule has 16 heteroatoms. The molecule has 0 spiro atoms. The molecule has 3 amide bonds. The highest BCUT2D eigenvalue weighted by atomic mass is 19.4. The number of aliphatic hydroxyl groups excluding tert-OH is 4. The molecule has 10 N–H and O–H groups in total. The van der Waals surface area contributed by atoms with Gasteiger partial charge in [0.15, 0.2) is 6.10 Å². The Morgan fingerprint density at radius 3 is 2.00 bits per heavy atom. The van der Waals surface area contributed by atoms with Crippen molar-refractivity contribution in [2.45, 2.75) is 88.2 Å². The van der Waals surface area contributed by atoms with E-state index in [-0.39, 0.29) is 12.3 Å². The number of benzene rings is 1. The van der Waals surface area contributed by atoms with E-state index in [1.165, 1.54) is 12.1 Å². The zero-order valence-electron chi connectivity index (χ0n) is 23.1. The second-order valence-electron chi connectivity index (χ2n) is 10.2. The lowest BCUT2D eigenvalue weighted by Gasteiger charge is -2.31. The predicted octanol–water partition coefficient (Wildman–Crippen LogP) is -0.921. The molecule has 0 saturated carbocycles. The van der Waals surface area contributed by atoms with Gasteiger partial charge in [0.1, 0.15) is 18.2 Å². The van der Waals surface area contributed by atoms with Gasteiger partial charge in [0.05, 0.1) is 31.2 Å². The predicted molar refractivity (Wildman–Crippen MR) is 141 cm³/mol. The van der Waals surface area contributed by atoms with Crippen molar-refractivity contribution in [1.29, 1.82) is 0 Å². The minimum atomic E-state index is -4.54. The molecule has 0 aliphatic rings. The molecule has 238 valence electrons. The first-order valence-corrected chi connectivity index (χ1v) is 13.1. The number of aliphatic hydroxyl groups is 4. The molecular weight excluding hydrogens is 569 g/mol. The molecule has 1 aromatic rings. The molecule has 0 aromatic heterocycles. The molecule has 0 fully saturated rings. The van der Waals surface area contributed by atoms with Crippen molar-refractivity contribution in [2.75, 3.05) is 6.61 Å². The van der Waals surface area contributed by atoms with E-state index in [4.69, 9.17) is 5.73 Å². The maximum atomic E-state index is 12.9. The van der Waals surface area contributed by atoms with Crippen molar-refractivity contribution in [3.8, 4) is 0 Å². The Kier molecular flexibility index (Phi) is 14.8. The van der Waals surface area contributed by atoms with Gasteiger partial charge in [-0.1, -0.05) is 44.2 Å². The Bertz CT molecular complexity index is 1030. The number of carboxylic acid groups (broad SMARTS) is 1. The third-order valence-corrected chi connectivity index (χ3v) is 6.19. The number of carbonyl (C=O) groups is 4. The first kappa shape index (κ1) is 36.7. The van der Waals surface area contributed by atoms with E-state index in [2.05, 4.69) is 16.0 Å². The SMILES string of the molecule is CC(C)CC(NC(=O)C(N)CCC(F)(F)F)C(=O)NC(CO)C(O)C(O)C(O)C(=O)NC(CC(=O)O)c1ccccc1. The third kappa shape index (κ3) is 12.7. The maximum Gasteiger partial charge on any atom is 0.389 e. The van der Waals surface area contributed by atoms with Gasteiger partial charge in [-0.2, -0.15) is 13.2 Å². The normalized spacial score (nSPS) is 16.8. The van der Waals surface area contributed by atoms with Crippen LogP contribution in [0.15, 0.2) is 30.3 Å². The fourth-order valence-corrected chi connectivity index (χ4v) is 3.90. The molecule has 0 aliphatic heterocycles. The standard InChI is InChI=1S/C26H39F3N4O9/c1-13(2)10-17(32-23(40)15(30)8-9-26(27,28)29)24(41)33-18(12-34)20(37)21(38)22(39)25(42)31-16(11-19(35)36)14-6-4-3-5-7-14/h3-7,13,15-18,20-22,34,37-39H,8-12,30H2,1-2H3,(H,31,42)(H,32,40)(H,33,41)(H,35,36). The van der Waals surface area contributed by atoms with Crippen LogP contribution in [0.5, 0.6) is 0 Å². The zero-order chi connectivity index (χ0) is 32.2. The smallest absolute Gasteiger partial charge is 0.389 e. The number of amides is 3. The van der Waals surface area contributed by atoms with Gasteiger partial charge < -0.3 is 47.2 Å². The molecule has 0 aliphatic carbocycles. The number of rotatable bonds is 17. The Hall–Kier alpha value is -3.31. The number of hydrogen-bond acceptors (Lipinski definition) is 9. The van der Waals surface area contributed by atoms with Crippen molar-refractivity contribution in [2.24, 2.45) is 11.7 Å². The van der Waals surface area contributed by atoms with E-state index >= 15 is 0 Å². The van der Waals surface area contributed by atoms with Crippen molar-refractivity contribution in [1.82, 2.24) is 16.0 Å². The van der Waals surface area contributed by atoms with Crippen LogP contribution in [0.2, 0.25) is 0 Å². The van der Waals surface area contributed by atoms with Gasteiger partial charge in [0.25, 0.3) is 5.91 Å². The monoisotopic (exact) mass is 608 g/mol. The lowest BCUT2D eigenvalue weighted by atomic mass is 9.98. The van der Waals surface area contributed by atoms with Crippen molar-refractivity contribution in [3.05, 3.63) is 35.9 Å².